The Kier molecular flexibility index (Phi) is 3.98. The fourth-order valence-electron chi connectivity index (χ4n) is 1.76. The molecule has 0 aliphatic rings. The Hall–Kier alpha value is -2.03. The van der Waals surface area contributed by atoms with Crippen molar-refractivity contribution >= 4 is 27.3 Å². The highest BCUT2D eigenvalue weighted by atomic mass is 35.5. The highest BCUT2D eigenvalue weighted by Crippen LogP contribution is 2.24. The Morgan fingerprint density at radius 2 is 1.90 bits per heavy atom. The Morgan fingerprint density at radius 3 is 2.55 bits per heavy atom. The van der Waals surface area contributed by atoms with Gasteiger partial charge in [0.05, 0.1) is 16.1 Å². The molecule has 4 nitrogen and oxygen atoms in total. The molecule has 0 aliphatic carbocycles. The molecule has 0 fully saturated rings. The molecule has 0 aliphatic heterocycles. The number of nitrogens with one attached hydrogen (secondary N) is 1. The Morgan fingerprint density at radius 1 is 1.20 bits per heavy atom. The van der Waals surface area contributed by atoms with Crippen LogP contribution in [0.2, 0.25) is 5.02 Å². The molecule has 0 heterocycles. The molecule has 6 heteroatoms. The zero-order valence-electron chi connectivity index (χ0n) is 10.6. The van der Waals surface area contributed by atoms with Crippen molar-refractivity contribution in [3.05, 3.63) is 58.6 Å². The summed E-state index contributed by atoms with van der Waals surface area (Å²) in [5, 5.41) is 9.36. The summed E-state index contributed by atoms with van der Waals surface area (Å²) in [4.78, 5) is 0.170. The zero-order valence-corrected chi connectivity index (χ0v) is 12.2. The zero-order chi connectivity index (χ0) is 14.8. The van der Waals surface area contributed by atoms with Gasteiger partial charge in [0.25, 0.3) is 10.0 Å². The van der Waals surface area contributed by atoms with Crippen molar-refractivity contribution in [3.63, 3.8) is 0 Å². The number of rotatable bonds is 3. The van der Waals surface area contributed by atoms with Gasteiger partial charge < -0.3 is 0 Å². The van der Waals surface area contributed by atoms with Gasteiger partial charge in [-0.25, -0.2) is 8.42 Å². The van der Waals surface area contributed by atoms with Crippen molar-refractivity contribution in [2.75, 3.05) is 4.72 Å². The lowest BCUT2D eigenvalue weighted by atomic mass is 10.2. The van der Waals surface area contributed by atoms with E-state index in [2.05, 4.69) is 4.72 Å². The van der Waals surface area contributed by atoms with Crippen LogP contribution in [0, 0.1) is 18.3 Å². The second-order valence-electron chi connectivity index (χ2n) is 4.17. The van der Waals surface area contributed by atoms with Crippen LogP contribution in [0.3, 0.4) is 0 Å². The van der Waals surface area contributed by atoms with Crippen LogP contribution in [0.25, 0.3) is 0 Å². The minimum Gasteiger partial charge on any atom is -0.278 e. The highest BCUT2D eigenvalue weighted by molar-refractivity contribution is 7.92. The number of nitriles is 1. The van der Waals surface area contributed by atoms with E-state index in [0.717, 1.165) is 0 Å². The molecule has 2 aromatic rings. The van der Waals surface area contributed by atoms with Gasteiger partial charge in [0.2, 0.25) is 0 Å². The predicted octanol–water partition coefficient (Wildman–Crippen LogP) is 3.32. The van der Waals surface area contributed by atoms with E-state index in [-0.39, 0.29) is 16.1 Å². The maximum Gasteiger partial charge on any atom is 0.262 e. The number of sulfonamides is 1. The van der Waals surface area contributed by atoms with Gasteiger partial charge in [-0.1, -0.05) is 29.8 Å². The SMILES string of the molecule is Cc1ccccc1S(=O)(=O)Nc1cc(Cl)ccc1C#N. The van der Waals surface area contributed by atoms with Gasteiger partial charge in [0.1, 0.15) is 6.07 Å². The Labute approximate surface area is 122 Å². The third-order valence-electron chi connectivity index (χ3n) is 2.73. The number of benzene rings is 2. The molecule has 0 saturated carbocycles. The van der Waals surface area contributed by atoms with Crippen molar-refractivity contribution in [1.29, 1.82) is 5.26 Å². The molecular weight excluding hydrogens is 296 g/mol. The largest absolute Gasteiger partial charge is 0.278 e. The average molecular weight is 307 g/mol. The summed E-state index contributed by atoms with van der Waals surface area (Å²) in [6, 6.07) is 13.0. The van der Waals surface area contributed by atoms with Gasteiger partial charge in [0.15, 0.2) is 0 Å². The normalized spacial score (nSPS) is 10.8. The van der Waals surface area contributed by atoms with E-state index in [9.17, 15) is 8.42 Å². The standard InChI is InChI=1S/C14H11ClN2O2S/c1-10-4-2-3-5-14(10)20(18,19)17-13-8-12(15)7-6-11(13)9-16/h2-8,17H,1H3. The summed E-state index contributed by atoms with van der Waals surface area (Å²) >= 11 is 5.84. The molecule has 0 saturated heterocycles. The van der Waals surface area contributed by atoms with Gasteiger partial charge in [-0.2, -0.15) is 5.26 Å². The van der Waals surface area contributed by atoms with Gasteiger partial charge in [0, 0.05) is 5.02 Å². The minimum absolute atomic E-state index is 0.170. The van der Waals surface area contributed by atoms with Crippen LogP contribution in [0.4, 0.5) is 5.69 Å². The van der Waals surface area contributed by atoms with Crippen molar-refractivity contribution in [2.45, 2.75) is 11.8 Å². The van der Waals surface area contributed by atoms with E-state index in [1.165, 1.54) is 24.3 Å². The molecule has 0 radical (unpaired) electrons. The highest BCUT2D eigenvalue weighted by Gasteiger charge is 2.18. The molecule has 0 amide bonds. The van der Waals surface area contributed by atoms with Crippen LogP contribution in [0.15, 0.2) is 47.4 Å². The maximum atomic E-state index is 12.3. The van der Waals surface area contributed by atoms with Crippen molar-refractivity contribution in [3.8, 4) is 6.07 Å². The summed E-state index contributed by atoms with van der Waals surface area (Å²) in [6.45, 7) is 1.71. The molecule has 2 aromatic carbocycles. The molecule has 0 atom stereocenters. The van der Waals surface area contributed by atoms with Crippen LogP contribution in [0.1, 0.15) is 11.1 Å². The number of hydrogen-bond donors (Lipinski definition) is 1. The summed E-state index contributed by atoms with van der Waals surface area (Å²) < 4.78 is 27.1. The lowest BCUT2D eigenvalue weighted by Gasteiger charge is -2.11. The molecular formula is C14H11ClN2O2S. The first-order valence-corrected chi connectivity index (χ1v) is 7.58. The van der Waals surface area contributed by atoms with Gasteiger partial charge in [-0.3, -0.25) is 4.72 Å². The first kappa shape index (κ1) is 14.4. The number of anilines is 1. The van der Waals surface area contributed by atoms with Crippen LogP contribution in [-0.4, -0.2) is 8.42 Å². The molecule has 0 aromatic heterocycles. The third-order valence-corrected chi connectivity index (χ3v) is 4.49. The first-order chi connectivity index (χ1) is 9.44. The van der Waals surface area contributed by atoms with Crippen molar-refractivity contribution in [1.82, 2.24) is 0 Å². The van der Waals surface area contributed by atoms with E-state index >= 15 is 0 Å². The Bertz CT molecular complexity index is 795. The molecule has 1 N–H and O–H groups in total. The summed E-state index contributed by atoms with van der Waals surface area (Å²) in [5.74, 6) is 0. The minimum atomic E-state index is -3.75. The molecule has 0 bridgehead atoms. The Balaban J connectivity index is 2.47. The summed E-state index contributed by atoms with van der Waals surface area (Å²) in [6.07, 6.45) is 0. The fourth-order valence-corrected chi connectivity index (χ4v) is 3.25. The van der Waals surface area contributed by atoms with Gasteiger partial charge in [-0.05, 0) is 36.8 Å². The van der Waals surface area contributed by atoms with E-state index in [1.54, 1.807) is 25.1 Å². The van der Waals surface area contributed by atoms with Crippen LogP contribution in [-0.2, 0) is 10.0 Å². The monoisotopic (exact) mass is 306 g/mol. The molecule has 0 unspecified atom stereocenters. The second-order valence-corrected chi connectivity index (χ2v) is 6.26. The summed E-state index contributed by atoms with van der Waals surface area (Å²) in [7, 11) is -3.75. The fraction of sp³-hybridized carbons (Fsp3) is 0.0714. The second kappa shape index (κ2) is 5.53. The van der Waals surface area contributed by atoms with Gasteiger partial charge >= 0.3 is 0 Å². The van der Waals surface area contributed by atoms with E-state index in [4.69, 9.17) is 16.9 Å². The van der Waals surface area contributed by atoms with Crippen LogP contribution in [0.5, 0.6) is 0 Å². The lowest BCUT2D eigenvalue weighted by Crippen LogP contribution is -2.15. The predicted molar refractivity (Wildman–Crippen MR) is 78.2 cm³/mol. The third kappa shape index (κ3) is 2.93. The van der Waals surface area contributed by atoms with E-state index < -0.39 is 10.0 Å². The lowest BCUT2D eigenvalue weighted by molar-refractivity contribution is 0.600. The molecule has 20 heavy (non-hydrogen) atoms. The van der Waals surface area contributed by atoms with Gasteiger partial charge in [-0.15, -0.1) is 0 Å². The first-order valence-electron chi connectivity index (χ1n) is 5.72. The smallest absolute Gasteiger partial charge is 0.262 e. The number of hydrogen-bond acceptors (Lipinski definition) is 3. The van der Waals surface area contributed by atoms with E-state index in [0.29, 0.717) is 10.6 Å². The number of halogens is 1. The van der Waals surface area contributed by atoms with Crippen LogP contribution >= 0.6 is 11.6 Å². The number of aryl methyl sites for hydroxylation is 1. The number of nitrogens with zero attached hydrogens (tertiary/aromatic N) is 1. The molecule has 0 spiro atoms. The van der Waals surface area contributed by atoms with Crippen molar-refractivity contribution < 1.29 is 8.42 Å². The summed E-state index contributed by atoms with van der Waals surface area (Å²) in [5.41, 5.74) is 1.01. The maximum absolute atomic E-state index is 12.3. The van der Waals surface area contributed by atoms with E-state index in [1.807, 2.05) is 6.07 Å². The molecule has 102 valence electrons. The van der Waals surface area contributed by atoms with Crippen molar-refractivity contribution in [2.24, 2.45) is 0 Å². The topological polar surface area (TPSA) is 70.0 Å². The van der Waals surface area contributed by atoms with Crippen LogP contribution < -0.4 is 4.72 Å². The average Bonchev–Trinajstić information content (AvgIpc) is 2.39. The molecule has 2 rings (SSSR count). The quantitative estimate of drug-likeness (QED) is 0.945.